The van der Waals surface area contributed by atoms with Crippen LogP contribution in [0.5, 0.6) is 0 Å². The standard InChI is InChI=1S/C14H16F2N2O2S2/c1-18(2)13(14-4-3-7-21-14)9-17-22(19,20)10-5-6-11(15)12(16)8-10/h3-8,13,17H,9H2,1-2H3. The summed E-state index contributed by atoms with van der Waals surface area (Å²) in [4.78, 5) is 2.60. The van der Waals surface area contributed by atoms with Crippen LogP contribution in [0, 0.1) is 11.6 Å². The maximum Gasteiger partial charge on any atom is 0.240 e. The molecule has 1 aromatic carbocycles. The minimum Gasteiger partial charge on any atom is -0.300 e. The number of hydrogen-bond donors (Lipinski definition) is 1. The molecular weight excluding hydrogens is 330 g/mol. The first kappa shape index (κ1) is 17.0. The van der Waals surface area contributed by atoms with Gasteiger partial charge in [0.05, 0.1) is 10.9 Å². The summed E-state index contributed by atoms with van der Waals surface area (Å²) in [6.45, 7) is 0.134. The van der Waals surface area contributed by atoms with Gasteiger partial charge in [-0.3, -0.25) is 0 Å². The first-order chi connectivity index (χ1) is 10.3. The lowest BCUT2D eigenvalue weighted by Gasteiger charge is -2.23. The number of halogens is 2. The molecule has 120 valence electrons. The molecule has 0 aliphatic carbocycles. The van der Waals surface area contributed by atoms with Crippen LogP contribution in [0.3, 0.4) is 0 Å². The van der Waals surface area contributed by atoms with E-state index in [4.69, 9.17) is 0 Å². The second kappa shape index (κ2) is 6.82. The summed E-state index contributed by atoms with van der Waals surface area (Å²) in [5, 5.41) is 1.91. The van der Waals surface area contributed by atoms with E-state index in [-0.39, 0.29) is 17.5 Å². The van der Waals surface area contributed by atoms with Crippen molar-refractivity contribution >= 4 is 21.4 Å². The molecule has 0 fully saturated rings. The van der Waals surface area contributed by atoms with Crippen molar-refractivity contribution in [2.24, 2.45) is 0 Å². The summed E-state index contributed by atoms with van der Waals surface area (Å²) < 4.78 is 52.9. The van der Waals surface area contributed by atoms with Crippen molar-refractivity contribution in [2.75, 3.05) is 20.6 Å². The van der Waals surface area contributed by atoms with Gasteiger partial charge >= 0.3 is 0 Å². The molecule has 0 spiro atoms. The van der Waals surface area contributed by atoms with E-state index < -0.39 is 21.7 Å². The van der Waals surface area contributed by atoms with Gasteiger partial charge < -0.3 is 4.90 Å². The van der Waals surface area contributed by atoms with Crippen LogP contribution in [0.15, 0.2) is 40.6 Å². The van der Waals surface area contributed by atoms with Crippen LogP contribution in [-0.2, 0) is 10.0 Å². The van der Waals surface area contributed by atoms with Crippen LogP contribution < -0.4 is 4.72 Å². The largest absolute Gasteiger partial charge is 0.300 e. The highest BCUT2D eigenvalue weighted by Gasteiger charge is 2.21. The zero-order valence-electron chi connectivity index (χ0n) is 12.1. The normalized spacial score (nSPS) is 13.5. The number of sulfonamides is 1. The summed E-state index contributed by atoms with van der Waals surface area (Å²) in [6.07, 6.45) is 0. The average Bonchev–Trinajstić information content (AvgIpc) is 2.95. The van der Waals surface area contributed by atoms with Gasteiger partial charge in [-0.05, 0) is 43.7 Å². The molecule has 1 atom stereocenters. The number of nitrogens with one attached hydrogen (secondary N) is 1. The fourth-order valence-corrected chi connectivity index (χ4v) is 3.91. The van der Waals surface area contributed by atoms with Gasteiger partial charge in [0, 0.05) is 11.4 Å². The highest BCUT2D eigenvalue weighted by atomic mass is 32.2. The number of hydrogen-bond acceptors (Lipinski definition) is 4. The minimum atomic E-state index is -3.90. The van der Waals surface area contributed by atoms with Gasteiger partial charge in [-0.15, -0.1) is 11.3 Å². The van der Waals surface area contributed by atoms with Crippen LogP contribution >= 0.6 is 11.3 Å². The Hall–Kier alpha value is -1.35. The predicted molar refractivity (Wildman–Crippen MR) is 82.3 cm³/mol. The van der Waals surface area contributed by atoms with Crippen LogP contribution in [0.1, 0.15) is 10.9 Å². The summed E-state index contributed by atoms with van der Waals surface area (Å²) >= 11 is 1.52. The fraction of sp³-hybridized carbons (Fsp3) is 0.286. The molecule has 0 saturated carbocycles. The van der Waals surface area contributed by atoms with Crippen LogP contribution in [-0.4, -0.2) is 34.0 Å². The number of benzene rings is 1. The van der Waals surface area contributed by atoms with Crippen LogP contribution in [0.2, 0.25) is 0 Å². The van der Waals surface area contributed by atoms with Crippen molar-refractivity contribution in [3.63, 3.8) is 0 Å². The average molecular weight is 346 g/mol. The molecule has 0 radical (unpaired) electrons. The summed E-state index contributed by atoms with van der Waals surface area (Å²) in [7, 11) is -0.211. The van der Waals surface area contributed by atoms with E-state index in [0.717, 1.165) is 17.0 Å². The third kappa shape index (κ3) is 3.89. The molecule has 0 bridgehead atoms. The summed E-state index contributed by atoms with van der Waals surface area (Å²) in [6, 6.07) is 6.18. The van der Waals surface area contributed by atoms with Gasteiger partial charge in [-0.25, -0.2) is 21.9 Å². The Kier molecular flexibility index (Phi) is 5.28. The van der Waals surface area contributed by atoms with Gasteiger partial charge in [0.25, 0.3) is 0 Å². The lowest BCUT2D eigenvalue weighted by Crippen LogP contribution is -2.34. The van der Waals surface area contributed by atoms with E-state index in [1.165, 1.54) is 11.3 Å². The molecule has 0 aliphatic heterocycles. The smallest absolute Gasteiger partial charge is 0.240 e. The Labute approximate surface area is 132 Å². The Balaban J connectivity index is 2.16. The highest BCUT2D eigenvalue weighted by molar-refractivity contribution is 7.89. The van der Waals surface area contributed by atoms with Crippen molar-refractivity contribution in [1.29, 1.82) is 0 Å². The van der Waals surface area contributed by atoms with Gasteiger partial charge in [0.15, 0.2) is 11.6 Å². The molecule has 1 aromatic heterocycles. The van der Waals surface area contributed by atoms with Crippen molar-refractivity contribution in [3.8, 4) is 0 Å². The molecule has 8 heteroatoms. The number of nitrogens with zero attached hydrogens (tertiary/aromatic N) is 1. The lowest BCUT2D eigenvalue weighted by molar-refractivity contribution is 0.303. The molecule has 2 aromatic rings. The molecule has 0 amide bonds. The zero-order chi connectivity index (χ0) is 16.3. The minimum absolute atomic E-state index is 0.134. The number of thiophene rings is 1. The van der Waals surface area contributed by atoms with Crippen molar-refractivity contribution in [1.82, 2.24) is 9.62 Å². The molecule has 1 heterocycles. The van der Waals surface area contributed by atoms with E-state index in [1.807, 2.05) is 36.5 Å². The molecule has 0 aliphatic rings. The first-order valence-corrected chi connectivity index (χ1v) is 8.82. The van der Waals surface area contributed by atoms with E-state index in [2.05, 4.69) is 4.72 Å². The predicted octanol–water partition coefficient (Wildman–Crippen LogP) is 2.61. The Morgan fingerprint density at radius 3 is 2.50 bits per heavy atom. The monoisotopic (exact) mass is 346 g/mol. The number of likely N-dealkylation sites (N-methyl/N-ethyl adjacent to an activating group) is 1. The molecule has 22 heavy (non-hydrogen) atoms. The molecular formula is C14H16F2N2O2S2. The second-order valence-electron chi connectivity index (χ2n) is 4.92. The third-order valence-corrected chi connectivity index (χ3v) is 5.56. The molecule has 2 rings (SSSR count). The molecule has 0 saturated heterocycles. The molecule has 1 unspecified atom stereocenters. The maximum atomic E-state index is 13.2. The Morgan fingerprint density at radius 1 is 1.23 bits per heavy atom. The third-order valence-electron chi connectivity index (χ3n) is 3.16. The van der Waals surface area contributed by atoms with Crippen molar-refractivity contribution in [2.45, 2.75) is 10.9 Å². The Morgan fingerprint density at radius 2 is 1.95 bits per heavy atom. The molecule has 1 N–H and O–H groups in total. The topological polar surface area (TPSA) is 49.4 Å². The lowest BCUT2D eigenvalue weighted by atomic mass is 10.2. The number of rotatable bonds is 6. The van der Waals surface area contributed by atoms with E-state index in [1.54, 1.807) is 0 Å². The van der Waals surface area contributed by atoms with Crippen LogP contribution in [0.4, 0.5) is 8.78 Å². The summed E-state index contributed by atoms with van der Waals surface area (Å²) in [5.74, 6) is -2.27. The highest BCUT2D eigenvalue weighted by Crippen LogP contribution is 2.23. The Bertz CT molecular complexity index is 731. The van der Waals surface area contributed by atoms with E-state index >= 15 is 0 Å². The fourth-order valence-electron chi connectivity index (χ4n) is 1.93. The SMILES string of the molecule is CN(C)C(CNS(=O)(=O)c1ccc(F)c(F)c1)c1cccs1. The van der Waals surface area contributed by atoms with E-state index in [9.17, 15) is 17.2 Å². The second-order valence-corrected chi connectivity index (χ2v) is 7.67. The van der Waals surface area contributed by atoms with Gasteiger partial charge in [-0.1, -0.05) is 6.07 Å². The molecule has 4 nitrogen and oxygen atoms in total. The van der Waals surface area contributed by atoms with Crippen molar-refractivity contribution in [3.05, 3.63) is 52.2 Å². The first-order valence-electron chi connectivity index (χ1n) is 6.46. The van der Waals surface area contributed by atoms with Crippen molar-refractivity contribution < 1.29 is 17.2 Å². The van der Waals surface area contributed by atoms with Gasteiger partial charge in [0.2, 0.25) is 10.0 Å². The maximum absolute atomic E-state index is 13.2. The van der Waals surface area contributed by atoms with Gasteiger partial charge in [0.1, 0.15) is 0 Å². The summed E-state index contributed by atoms with van der Waals surface area (Å²) in [5.41, 5.74) is 0. The van der Waals surface area contributed by atoms with E-state index in [0.29, 0.717) is 6.07 Å². The quantitative estimate of drug-likeness (QED) is 0.875. The van der Waals surface area contributed by atoms with Gasteiger partial charge in [-0.2, -0.15) is 0 Å². The van der Waals surface area contributed by atoms with Crippen LogP contribution in [0.25, 0.3) is 0 Å². The zero-order valence-corrected chi connectivity index (χ0v) is 13.7.